The van der Waals surface area contributed by atoms with E-state index >= 15 is 0 Å². The zero-order valence-corrected chi connectivity index (χ0v) is 27.1. The van der Waals surface area contributed by atoms with Gasteiger partial charge in [-0.05, 0) is 19.8 Å². The molecule has 0 saturated carbocycles. The maximum atomic E-state index is 10.8. The number of hydrogen-bond donors (Lipinski definition) is 0. The number of ether oxygens (including phenoxy) is 3. The molecule has 240 valence electrons. The van der Waals surface area contributed by atoms with Crippen LogP contribution < -0.4 is 0 Å². The zero-order chi connectivity index (χ0) is 31.2. The molecule has 0 aliphatic carbocycles. The van der Waals surface area contributed by atoms with Gasteiger partial charge in [0.15, 0.2) is 0 Å². The molecule has 0 aromatic heterocycles. The van der Waals surface area contributed by atoms with Gasteiger partial charge in [0.25, 0.3) is 0 Å². The molecule has 0 aromatic rings. The minimum atomic E-state index is -0.359. The van der Waals surface area contributed by atoms with Crippen LogP contribution in [0.1, 0.15) is 149 Å². The number of rotatable bonds is 26. The molecular formula is C35H64O6. The molecule has 0 heterocycles. The number of carbonyl (C=O) groups excluding carboxylic acids is 3. The molecule has 6 nitrogen and oxygen atoms in total. The Morgan fingerprint density at radius 3 is 0.902 bits per heavy atom. The SMILES string of the molecule is C=CC(=O)OCC.C=CC(=O)OCCCCCC.C=CC(=O)OCCCCCCCCCCCCCCCCCC. The second-order valence-corrected chi connectivity index (χ2v) is 10.1. The topological polar surface area (TPSA) is 78.9 Å². The van der Waals surface area contributed by atoms with Gasteiger partial charge >= 0.3 is 17.9 Å². The summed E-state index contributed by atoms with van der Waals surface area (Å²) >= 11 is 0. The molecule has 0 bridgehead atoms. The standard InChI is InChI=1S/C21H40O2.C9H16O2.C5H8O2/c1-3-5-6-7-8-9-10-11-12-13-14-15-16-17-18-19-20-23-21(22)4-2;1-3-5-6-7-8-11-9(10)4-2;1-3-5(6)7-4-2/h4H,2-3,5-20H2,1H3;4H,2-3,5-8H2,1H3;3H,1,4H2,2H3. The molecule has 0 aliphatic rings. The highest BCUT2D eigenvalue weighted by Crippen LogP contribution is 2.13. The van der Waals surface area contributed by atoms with Crippen molar-refractivity contribution in [1.29, 1.82) is 0 Å². The fourth-order valence-electron chi connectivity index (χ4n) is 3.84. The van der Waals surface area contributed by atoms with E-state index < -0.39 is 0 Å². The Bertz CT molecular complexity index is 614. The first-order valence-corrected chi connectivity index (χ1v) is 16.3. The monoisotopic (exact) mass is 580 g/mol. The average Bonchev–Trinajstić information content (AvgIpc) is 2.99. The lowest BCUT2D eigenvalue weighted by atomic mass is 10.0. The van der Waals surface area contributed by atoms with Crippen molar-refractivity contribution in [2.24, 2.45) is 0 Å². The zero-order valence-electron chi connectivity index (χ0n) is 27.1. The molecule has 0 aromatic carbocycles. The third-order valence-electron chi connectivity index (χ3n) is 6.27. The van der Waals surface area contributed by atoms with E-state index in [1.165, 1.54) is 121 Å². The summed E-state index contributed by atoms with van der Waals surface area (Å²) < 4.78 is 14.2. The first-order valence-electron chi connectivity index (χ1n) is 16.3. The highest BCUT2D eigenvalue weighted by molar-refractivity contribution is 5.81. The second kappa shape index (κ2) is 39.8. The maximum absolute atomic E-state index is 10.8. The highest BCUT2D eigenvalue weighted by atomic mass is 16.5. The molecule has 6 heteroatoms. The summed E-state index contributed by atoms with van der Waals surface area (Å²) in [5.74, 6) is -0.977. The van der Waals surface area contributed by atoms with Crippen LogP contribution in [0.25, 0.3) is 0 Å². The first-order chi connectivity index (χ1) is 19.9. The van der Waals surface area contributed by atoms with Crippen LogP contribution in [0.15, 0.2) is 38.0 Å². The Morgan fingerprint density at radius 2 is 0.659 bits per heavy atom. The number of unbranched alkanes of at least 4 members (excludes halogenated alkanes) is 18. The summed E-state index contributed by atoms with van der Waals surface area (Å²) in [5, 5.41) is 0. The summed E-state index contributed by atoms with van der Waals surface area (Å²) in [6, 6.07) is 0. The van der Waals surface area contributed by atoms with E-state index in [0.29, 0.717) is 19.8 Å². The van der Waals surface area contributed by atoms with Gasteiger partial charge in [-0.15, -0.1) is 0 Å². The molecule has 0 unspecified atom stereocenters. The fourth-order valence-corrected chi connectivity index (χ4v) is 3.84. The minimum Gasteiger partial charge on any atom is -0.463 e. The van der Waals surface area contributed by atoms with Crippen LogP contribution >= 0.6 is 0 Å². The van der Waals surface area contributed by atoms with Gasteiger partial charge in [0.1, 0.15) is 0 Å². The molecule has 0 radical (unpaired) electrons. The molecule has 0 aliphatic heterocycles. The maximum Gasteiger partial charge on any atom is 0.330 e. The molecule has 0 fully saturated rings. The Morgan fingerprint density at radius 1 is 0.415 bits per heavy atom. The third-order valence-corrected chi connectivity index (χ3v) is 6.27. The summed E-state index contributed by atoms with van der Waals surface area (Å²) in [5.41, 5.74) is 0. The Kier molecular flexibility index (Phi) is 41.8. The van der Waals surface area contributed by atoms with Gasteiger partial charge in [0.05, 0.1) is 19.8 Å². The lowest BCUT2D eigenvalue weighted by Crippen LogP contribution is -2.01. The van der Waals surface area contributed by atoms with Crippen molar-refractivity contribution in [2.45, 2.75) is 149 Å². The number of esters is 3. The van der Waals surface area contributed by atoms with Crippen LogP contribution in [0.3, 0.4) is 0 Å². The van der Waals surface area contributed by atoms with E-state index in [9.17, 15) is 14.4 Å². The largest absolute Gasteiger partial charge is 0.463 e. The fraction of sp³-hybridized carbons (Fsp3) is 0.743. The molecule has 0 amide bonds. The van der Waals surface area contributed by atoms with Crippen LogP contribution in [0.4, 0.5) is 0 Å². The smallest absolute Gasteiger partial charge is 0.330 e. The van der Waals surface area contributed by atoms with E-state index in [2.05, 4.69) is 38.3 Å². The van der Waals surface area contributed by atoms with Gasteiger partial charge in [0.2, 0.25) is 0 Å². The molecule has 0 rings (SSSR count). The van der Waals surface area contributed by atoms with Gasteiger partial charge in [-0.2, -0.15) is 0 Å². The van der Waals surface area contributed by atoms with Gasteiger partial charge in [-0.1, -0.05) is 149 Å². The lowest BCUT2D eigenvalue weighted by Gasteiger charge is -2.04. The lowest BCUT2D eigenvalue weighted by molar-refractivity contribution is -0.138. The van der Waals surface area contributed by atoms with Crippen molar-refractivity contribution in [3.63, 3.8) is 0 Å². The van der Waals surface area contributed by atoms with Crippen LogP contribution in [0.2, 0.25) is 0 Å². The third kappa shape index (κ3) is 44.9. The van der Waals surface area contributed by atoms with Gasteiger partial charge in [-0.3, -0.25) is 0 Å². The number of carbonyl (C=O) groups is 3. The van der Waals surface area contributed by atoms with Crippen molar-refractivity contribution in [3.05, 3.63) is 38.0 Å². The summed E-state index contributed by atoms with van der Waals surface area (Å²) in [6.45, 7) is 17.6. The first kappa shape index (κ1) is 43.1. The van der Waals surface area contributed by atoms with Crippen molar-refractivity contribution in [1.82, 2.24) is 0 Å². The van der Waals surface area contributed by atoms with E-state index in [1.807, 2.05) is 0 Å². The summed E-state index contributed by atoms with van der Waals surface area (Å²) in [7, 11) is 0. The van der Waals surface area contributed by atoms with Gasteiger partial charge in [-0.25, -0.2) is 14.4 Å². The van der Waals surface area contributed by atoms with E-state index in [-0.39, 0.29) is 17.9 Å². The normalized spacial score (nSPS) is 9.73. The van der Waals surface area contributed by atoms with Crippen molar-refractivity contribution < 1.29 is 28.6 Å². The summed E-state index contributed by atoms with van der Waals surface area (Å²) in [4.78, 5) is 31.4. The summed E-state index contributed by atoms with van der Waals surface area (Å²) in [6.07, 6.45) is 29.8. The van der Waals surface area contributed by atoms with Crippen LogP contribution in [-0.4, -0.2) is 37.7 Å². The van der Waals surface area contributed by atoms with Gasteiger partial charge < -0.3 is 14.2 Å². The molecule has 0 saturated heterocycles. The van der Waals surface area contributed by atoms with E-state index in [0.717, 1.165) is 25.3 Å². The quantitative estimate of drug-likeness (QED) is 0.0438. The minimum absolute atomic E-state index is 0.300. The Balaban J connectivity index is -0.000000658. The van der Waals surface area contributed by atoms with Crippen LogP contribution in [-0.2, 0) is 28.6 Å². The molecule has 0 N–H and O–H groups in total. The average molecular weight is 581 g/mol. The van der Waals surface area contributed by atoms with Crippen LogP contribution in [0.5, 0.6) is 0 Å². The highest BCUT2D eigenvalue weighted by Gasteiger charge is 1.97. The predicted molar refractivity (Wildman–Crippen MR) is 173 cm³/mol. The molecule has 0 spiro atoms. The molecular weight excluding hydrogens is 516 g/mol. The van der Waals surface area contributed by atoms with Crippen molar-refractivity contribution in [3.8, 4) is 0 Å². The van der Waals surface area contributed by atoms with Crippen LogP contribution in [0, 0.1) is 0 Å². The predicted octanol–water partition coefficient (Wildman–Crippen LogP) is 10.0. The van der Waals surface area contributed by atoms with E-state index in [1.54, 1.807) is 6.92 Å². The number of hydrogen-bond acceptors (Lipinski definition) is 6. The van der Waals surface area contributed by atoms with Gasteiger partial charge in [0, 0.05) is 18.2 Å². The van der Waals surface area contributed by atoms with Crippen molar-refractivity contribution in [2.75, 3.05) is 19.8 Å². The van der Waals surface area contributed by atoms with E-state index in [4.69, 9.17) is 9.47 Å². The Hall–Kier alpha value is -2.37. The molecule has 41 heavy (non-hydrogen) atoms. The molecule has 0 atom stereocenters. The Labute approximate surface area is 253 Å². The second-order valence-electron chi connectivity index (χ2n) is 10.1. The van der Waals surface area contributed by atoms with Crippen molar-refractivity contribution >= 4 is 17.9 Å².